The van der Waals surface area contributed by atoms with Crippen molar-refractivity contribution >= 4 is 68.3 Å². The predicted molar refractivity (Wildman–Crippen MR) is 150 cm³/mol. The highest BCUT2D eigenvalue weighted by atomic mass is 35.5. The van der Waals surface area contributed by atoms with Crippen LogP contribution in [0.25, 0.3) is 0 Å². The molecule has 0 atom stereocenters. The Kier molecular flexibility index (Phi) is 15.6. The van der Waals surface area contributed by atoms with Gasteiger partial charge in [0.05, 0.1) is 23.3 Å². The molecular formula is C24H24Cl2F8O2S4. The zero-order valence-electron chi connectivity index (χ0n) is 20.6. The maximum absolute atomic E-state index is 14.3. The van der Waals surface area contributed by atoms with Gasteiger partial charge in [0.15, 0.2) is 23.1 Å². The number of hydrogen-bond donors (Lipinski definition) is 0. The molecule has 0 radical (unpaired) electrons. The molecule has 2 aromatic rings. The quantitative estimate of drug-likeness (QED) is 0.0925. The topological polar surface area (TPSA) is 18.5 Å². The minimum Gasteiger partial charge on any atom is -0.490 e. The molecule has 2 rings (SSSR count). The van der Waals surface area contributed by atoms with E-state index < -0.39 is 22.7 Å². The zero-order valence-corrected chi connectivity index (χ0v) is 25.4. The zero-order chi connectivity index (χ0) is 29.8. The number of unbranched alkanes of at least 4 members (excludes halogenated alkanes) is 4. The lowest BCUT2D eigenvalue weighted by Gasteiger charge is -2.12. The minimum atomic E-state index is -4.26. The lowest BCUT2D eigenvalue weighted by Crippen LogP contribution is -2.03. The number of thioether (sulfide) groups is 2. The van der Waals surface area contributed by atoms with Gasteiger partial charge in [0.2, 0.25) is 0 Å². The van der Waals surface area contributed by atoms with Gasteiger partial charge >= 0.3 is 11.0 Å². The Balaban J connectivity index is 1.86. The third-order valence-corrected chi connectivity index (χ3v) is 9.75. The molecule has 2 nitrogen and oxygen atoms in total. The third kappa shape index (κ3) is 14.6. The highest BCUT2D eigenvalue weighted by Gasteiger charge is 2.27. The second kappa shape index (κ2) is 17.5. The Morgan fingerprint density at radius 2 is 0.950 bits per heavy atom. The van der Waals surface area contributed by atoms with E-state index in [4.69, 9.17) is 32.7 Å². The first-order valence-electron chi connectivity index (χ1n) is 11.7. The van der Waals surface area contributed by atoms with Gasteiger partial charge in [-0.05, 0) is 62.8 Å². The molecule has 2 aromatic carbocycles. The van der Waals surface area contributed by atoms with Gasteiger partial charge in [-0.25, -0.2) is 8.78 Å². The monoisotopic (exact) mass is 694 g/mol. The lowest BCUT2D eigenvalue weighted by atomic mass is 10.2. The summed E-state index contributed by atoms with van der Waals surface area (Å²) in [4.78, 5) is 0.869. The Morgan fingerprint density at radius 3 is 1.30 bits per heavy atom. The van der Waals surface area contributed by atoms with E-state index in [1.807, 2.05) is 0 Å². The van der Waals surface area contributed by atoms with Crippen LogP contribution in [0.1, 0.15) is 38.5 Å². The highest BCUT2D eigenvalue weighted by Crippen LogP contribution is 2.46. The number of alkyl halides is 6. The Hall–Kier alpha value is -0.540. The molecule has 0 saturated carbocycles. The molecule has 0 aliphatic carbocycles. The average Bonchev–Trinajstić information content (AvgIpc) is 2.83. The van der Waals surface area contributed by atoms with Gasteiger partial charge in [0, 0.05) is 21.3 Å². The number of ether oxygens (including phenoxy) is 2. The van der Waals surface area contributed by atoms with Gasteiger partial charge in [0.25, 0.3) is 0 Å². The molecule has 0 N–H and O–H groups in total. The van der Waals surface area contributed by atoms with Crippen LogP contribution in [0.4, 0.5) is 35.1 Å². The molecule has 0 bridgehead atoms. The third-order valence-electron chi connectivity index (χ3n) is 4.82. The average molecular weight is 696 g/mol. The minimum absolute atomic E-state index is 0.0554. The molecule has 0 aromatic heterocycles. The molecule has 0 unspecified atom stereocenters. The van der Waals surface area contributed by atoms with E-state index in [1.165, 1.54) is 12.1 Å². The predicted octanol–water partition coefficient (Wildman–Crippen LogP) is 11.7. The summed E-state index contributed by atoms with van der Waals surface area (Å²) in [5.74, 6) is -1.64. The Morgan fingerprint density at radius 1 is 0.575 bits per heavy atom. The fraction of sp³-hybridized carbons (Fsp3) is 0.500. The van der Waals surface area contributed by atoms with Crippen molar-refractivity contribution < 1.29 is 44.6 Å². The first kappa shape index (κ1) is 35.7. The molecule has 0 fully saturated rings. The van der Waals surface area contributed by atoms with Gasteiger partial charge < -0.3 is 9.47 Å². The molecule has 0 aliphatic rings. The second-order valence-electron chi connectivity index (χ2n) is 8.00. The summed E-state index contributed by atoms with van der Waals surface area (Å²) in [6, 6.07) is 4.93. The summed E-state index contributed by atoms with van der Waals surface area (Å²) in [6.45, 7) is 0.219. The van der Waals surface area contributed by atoms with Crippen molar-refractivity contribution in [1.82, 2.24) is 0 Å². The molecule has 226 valence electrons. The van der Waals surface area contributed by atoms with Crippen LogP contribution in [0.3, 0.4) is 0 Å². The van der Waals surface area contributed by atoms with Gasteiger partial charge in [-0.15, -0.1) is 0 Å². The number of rotatable bonds is 17. The summed E-state index contributed by atoms with van der Waals surface area (Å²) >= 11 is 12.2. The maximum Gasteiger partial charge on any atom is 0.441 e. The van der Waals surface area contributed by atoms with Crippen molar-refractivity contribution in [2.45, 2.75) is 59.3 Å². The van der Waals surface area contributed by atoms with Crippen LogP contribution in [-0.2, 0) is 0 Å². The Labute approximate surface area is 253 Å². The van der Waals surface area contributed by atoms with Crippen LogP contribution in [0.5, 0.6) is 11.5 Å². The molecule has 16 heteroatoms. The van der Waals surface area contributed by atoms with Crippen LogP contribution in [0, 0.1) is 11.6 Å². The van der Waals surface area contributed by atoms with Gasteiger partial charge in [-0.3, -0.25) is 0 Å². The van der Waals surface area contributed by atoms with Crippen LogP contribution >= 0.6 is 68.3 Å². The van der Waals surface area contributed by atoms with Crippen molar-refractivity contribution in [3.63, 3.8) is 0 Å². The van der Waals surface area contributed by atoms with Gasteiger partial charge in [-0.1, -0.05) is 68.3 Å². The van der Waals surface area contributed by atoms with Gasteiger partial charge in [0.1, 0.15) is 0 Å². The lowest BCUT2D eigenvalue weighted by molar-refractivity contribution is -0.0336. The second-order valence-corrected chi connectivity index (χ2v) is 13.3. The first-order chi connectivity index (χ1) is 18.7. The first-order valence-corrected chi connectivity index (χ1v) is 16.6. The molecule has 0 aliphatic heterocycles. The van der Waals surface area contributed by atoms with Crippen LogP contribution in [0.15, 0.2) is 34.1 Å². The standard InChI is InChI=1S/C24H24Cl2F8O2S4/c25-15-11-17(27)19(35-7-3-1-5-9-37-23(29,30)31)13-21(15)39-40-22-14-20(18(28)12-16(22)26)36-8-4-2-6-10-38-24(32,33)34/h11-14H,1-10H2. The fourth-order valence-electron chi connectivity index (χ4n) is 2.96. The molecule has 0 saturated heterocycles. The van der Waals surface area contributed by atoms with Crippen molar-refractivity contribution in [1.29, 1.82) is 0 Å². The van der Waals surface area contributed by atoms with Crippen LogP contribution in [-0.4, -0.2) is 35.7 Å². The van der Waals surface area contributed by atoms with E-state index in [0.29, 0.717) is 48.3 Å². The van der Waals surface area contributed by atoms with Crippen molar-refractivity contribution in [3.05, 3.63) is 45.9 Å². The van der Waals surface area contributed by atoms with Crippen molar-refractivity contribution in [3.8, 4) is 11.5 Å². The molecular weight excluding hydrogens is 671 g/mol. The van der Waals surface area contributed by atoms with E-state index in [-0.39, 0.29) is 69.8 Å². The fourth-order valence-corrected chi connectivity index (χ4v) is 7.06. The smallest absolute Gasteiger partial charge is 0.441 e. The summed E-state index contributed by atoms with van der Waals surface area (Å²) in [7, 11) is 2.23. The van der Waals surface area contributed by atoms with Gasteiger partial charge in [-0.2, -0.15) is 26.3 Å². The van der Waals surface area contributed by atoms with Crippen LogP contribution in [0.2, 0.25) is 10.0 Å². The summed E-state index contributed by atoms with van der Waals surface area (Å²) in [5, 5.41) is 0.204. The molecule has 0 amide bonds. The SMILES string of the molecule is Fc1cc(Cl)c(SSc2cc(OCCCCCSC(F)(F)F)c(F)cc2Cl)cc1OCCCCCSC(F)(F)F. The summed E-state index contributed by atoms with van der Waals surface area (Å²) < 4.78 is 112. The summed E-state index contributed by atoms with van der Waals surface area (Å²) in [6.07, 6.45) is 2.55. The largest absolute Gasteiger partial charge is 0.490 e. The number of hydrogen-bond acceptors (Lipinski definition) is 6. The van der Waals surface area contributed by atoms with E-state index in [0.717, 1.165) is 33.7 Å². The molecule has 0 spiro atoms. The van der Waals surface area contributed by atoms with Crippen LogP contribution < -0.4 is 9.47 Å². The molecule has 40 heavy (non-hydrogen) atoms. The van der Waals surface area contributed by atoms with Crippen molar-refractivity contribution in [2.75, 3.05) is 24.7 Å². The highest BCUT2D eigenvalue weighted by molar-refractivity contribution is 8.76. The molecule has 0 heterocycles. The summed E-state index contributed by atoms with van der Waals surface area (Å²) in [5.41, 5.74) is -8.52. The number of halogens is 10. The van der Waals surface area contributed by atoms with Crippen molar-refractivity contribution in [2.24, 2.45) is 0 Å². The number of benzene rings is 2. The van der Waals surface area contributed by atoms with E-state index in [2.05, 4.69) is 0 Å². The maximum atomic E-state index is 14.3. The van der Waals surface area contributed by atoms with E-state index >= 15 is 0 Å². The van der Waals surface area contributed by atoms with E-state index in [9.17, 15) is 35.1 Å². The Bertz CT molecular complexity index is 991. The normalized spacial score (nSPS) is 12.2. The van der Waals surface area contributed by atoms with E-state index in [1.54, 1.807) is 0 Å².